The molecule has 1 aromatic heterocycles. The van der Waals surface area contributed by atoms with E-state index in [1.165, 1.54) is 7.11 Å². The molecule has 4 nitrogen and oxygen atoms in total. The summed E-state index contributed by atoms with van der Waals surface area (Å²) in [6.07, 6.45) is -0.256. The molecule has 1 heterocycles. The number of esters is 1. The van der Waals surface area contributed by atoms with E-state index < -0.39 is 5.97 Å². The van der Waals surface area contributed by atoms with Crippen LogP contribution in [0.2, 0.25) is 5.02 Å². The molecule has 0 spiro atoms. The van der Waals surface area contributed by atoms with E-state index in [1.54, 1.807) is 29.8 Å². The molecule has 18 heavy (non-hydrogen) atoms. The third-order valence-electron chi connectivity index (χ3n) is 2.83. The van der Waals surface area contributed by atoms with E-state index in [1.807, 2.05) is 6.07 Å². The van der Waals surface area contributed by atoms with Gasteiger partial charge in [-0.1, -0.05) is 17.7 Å². The summed E-state index contributed by atoms with van der Waals surface area (Å²) in [5, 5.41) is 1.52. The number of halogens is 1. The Labute approximate surface area is 109 Å². The number of rotatable bonds is 3. The van der Waals surface area contributed by atoms with Crippen LogP contribution in [-0.2, 0) is 16.6 Å². The number of hydrogen-bond donors (Lipinski definition) is 0. The molecule has 0 aliphatic rings. The first-order valence-corrected chi connectivity index (χ1v) is 5.75. The quantitative estimate of drug-likeness (QED) is 0.487. The third-order valence-corrected chi connectivity index (χ3v) is 3.06. The second-order valence-electron chi connectivity index (χ2n) is 3.97. The van der Waals surface area contributed by atoms with Gasteiger partial charge < -0.3 is 9.30 Å². The Bertz CT molecular complexity index is 630. The normalized spacial score (nSPS) is 10.6. The molecule has 0 N–H and O–H groups in total. The van der Waals surface area contributed by atoms with Crippen LogP contribution in [0.25, 0.3) is 10.9 Å². The van der Waals surface area contributed by atoms with Gasteiger partial charge in [-0.05, 0) is 18.2 Å². The first-order chi connectivity index (χ1) is 8.52. The average molecular weight is 266 g/mol. The average Bonchev–Trinajstić information content (AvgIpc) is 2.66. The second kappa shape index (κ2) is 4.82. The fraction of sp³-hybridized carbons (Fsp3) is 0.231. The molecule has 5 heteroatoms. The van der Waals surface area contributed by atoms with Crippen LogP contribution in [-0.4, -0.2) is 23.4 Å². The molecule has 2 rings (SSSR count). The van der Waals surface area contributed by atoms with Crippen molar-refractivity contribution in [2.45, 2.75) is 6.42 Å². The Morgan fingerprint density at radius 1 is 1.33 bits per heavy atom. The zero-order chi connectivity index (χ0) is 13.3. The molecule has 0 saturated heterocycles. The molecule has 0 amide bonds. The predicted octanol–water partition coefficient (Wildman–Crippen LogP) is 2.58. The fourth-order valence-electron chi connectivity index (χ4n) is 1.86. The van der Waals surface area contributed by atoms with Crippen molar-refractivity contribution < 1.29 is 14.3 Å². The van der Waals surface area contributed by atoms with Gasteiger partial charge in [0.15, 0.2) is 5.78 Å². The molecular weight excluding hydrogens is 254 g/mol. The smallest absolute Gasteiger partial charge is 0.313 e. The molecular formula is C13H12ClNO3. The number of ketones is 1. The van der Waals surface area contributed by atoms with Crippen LogP contribution >= 0.6 is 11.6 Å². The van der Waals surface area contributed by atoms with Crippen molar-refractivity contribution in [2.75, 3.05) is 7.11 Å². The van der Waals surface area contributed by atoms with Gasteiger partial charge in [-0.3, -0.25) is 9.59 Å². The van der Waals surface area contributed by atoms with Crippen LogP contribution in [0.1, 0.15) is 16.9 Å². The highest BCUT2D eigenvalue weighted by molar-refractivity contribution is 6.31. The minimum Gasteiger partial charge on any atom is -0.469 e. The lowest BCUT2D eigenvalue weighted by Crippen LogP contribution is -2.12. The standard InChI is InChI=1S/C13H12ClNO3/c1-15-10-6-9(14)4-3-8(10)5-11(15)12(16)7-13(17)18-2/h3-6H,7H2,1-2H3. The third kappa shape index (κ3) is 2.24. The van der Waals surface area contributed by atoms with Gasteiger partial charge in [0, 0.05) is 23.0 Å². The first kappa shape index (κ1) is 12.6. The minimum absolute atomic E-state index is 0.256. The van der Waals surface area contributed by atoms with Crippen molar-refractivity contribution in [3.8, 4) is 0 Å². The largest absolute Gasteiger partial charge is 0.469 e. The van der Waals surface area contributed by atoms with Crippen molar-refractivity contribution >= 4 is 34.3 Å². The lowest BCUT2D eigenvalue weighted by atomic mass is 10.2. The molecule has 0 radical (unpaired) electrons. The number of methoxy groups -OCH3 is 1. The number of aromatic nitrogens is 1. The summed E-state index contributed by atoms with van der Waals surface area (Å²) in [7, 11) is 3.03. The summed E-state index contributed by atoms with van der Waals surface area (Å²) in [6.45, 7) is 0. The molecule has 0 bridgehead atoms. The van der Waals surface area contributed by atoms with Gasteiger partial charge in [-0.2, -0.15) is 0 Å². The second-order valence-corrected chi connectivity index (χ2v) is 4.40. The molecule has 0 unspecified atom stereocenters. The van der Waals surface area contributed by atoms with Crippen molar-refractivity contribution in [3.63, 3.8) is 0 Å². The number of nitrogens with zero attached hydrogens (tertiary/aromatic N) is 1. The highest BCUT2D eigenvalue weighted by atomic mass is 35.5. The molecule has 0 aliphatic heterocycles. The van der Waals surface area contributed by atoms with Crippen LogP contribution in [0.3, 0.4) is 0 Å². The van der Waals surface area contributed by atoms with Gasteiger partial charge in [-0.25, -0.2) is 0 Å². The molecule has 0 aliphatic carbocycles. The summed E-state index contributed by atoms with van der Waals surface area (Å²) in [6, 6.07) is 7.13. The Kier molecular flexibility index (Phi) is 3.39. The highest BCUT2D eigenvalue weighted by Crippen LogP contribution is 2.23. The Morgan fingerprint density at radius 3 is 2.72 bits per heavy atom. The summed E-state index contributed by atoms with van der Waals surface area (Å²) < 4.78 is 6.21. The van der Waals surface area contributed by atoms with Crippen molar-refractivity contribution in [2.24, 2.45) is 7.05 Å². The Hall–Kier alpha value is -1.81. The fourth-order valence-corrected chi connectivity index (χ4v) is 2.03. The maximum absolute atomic E-state index is 11.9. The highest BCUT2D eigenvalue weighted by Gasteiger charge is 2.17. The maximum atomic E-state index is 11.9. The number of benzene rings is 1. The predicted molar refractivity (Wildman–Crippen MR) is 68.9 cm³/mol. The SMILES string of the molecule is COC(=O)CC(=O)c1cc2ccc(Cl)cc2n1C. The van der Waals surface area contributed by atoms with E-state index in [9.17, 15) is 9.59 Å². The van der Waals surface area contributed by atoms with E-state index in [4.69, 9.17) is 11.6 Å². The molecule has 1 aromatic carbocycles. The number of fused-ring (bicyclic) bond motifs is 1. The number of Topliss-reactive ketones (excluding diaryl/α,β-unsaturated/α-hetero) is 1. The molecule has 0 saturated carbocycles. The van der Waals surface area contributed by atoms with Gasteiger partial charge in [0.25, 0.3) is 0 Å². The van der Waals surface area contributed by atoms with Gasteiger partial charge in [0.05, 0.1) is 12.8 Å². The number of carbonyl (C=O) groups excluding carboxylic acids is 2. The lowest BCUT2D eigenvalue weighted by molar-refractivity contribution is -0.139. The molecule has 94 valence electrons. The monoisotopic (exact) mass is 265 g/mol. The number of carbonyl (C=O) groups is 2. The van der Waals surface area contributed by atoms with Gasteiger partial charge >= 0.3 is 5.97 Å². The topological polar surface area (TPSA) is 48.3 Å². The summed E-state index contributed by atoms with van der Waals surface area (Å²) in [4.78, 5) is 23.0. The van der Waals surface area contributed by atoms with E-state index in [0.717, 1.165) is 10.9 Å². The molecule has 0 atom stereocenters. The van der Waals surface area contributed by atoms with Crippen molar-refractivity contribution in [3.05, 3.63) is 35.0 Å². The van der Waals surface area contributed by atoms with Gasteiger partial charge in [-0.15, -0.1) is 0 Å². The summed E-state index contributed by atoms with van der Waals surface area (Å²) >= 11 is 5.91. The summed E-state index contributed by atoms with van der Waals surface area (Å²) in [5.74, 6) is -0.806. The van der Waals surface area contributed by atoms with E-state index in [0.29, 0.717) is 10.7 Å². The lowest BCUT2D eigenvalue weighted by Gasteiger charge is -2.02. The van der Waals surface area contributed by atoms with Gasteiger partial charge in [0.2, 0.25) is 0 Å². The van der Waals surface area contributed by atoms with Crippen molar-refractivity contribution in [1.29, 1.82) is 0 Å². The first-order valence-electron chi connectivity index (χ1n) is 5.38. The van der Waals surface area contributed by atoms with Crippen LogP contribution in [0.15, 0.2) is 24.3 Å². The maximum Gasteiger partial charge on any atom is 0.313 e. The molecule has 2 aromatic rings. The Morgan fingerprint density at radius 2 is 2.06 bits per heavy atom. The molecule has 0 fully saturated rings. The van der Waals surface area contributed by atoms with Crippen molar-refractivity contribution in [1.82, 2.24) is 4.57 Å². The zero-order valence-electron chi connectivity index (χ0n) is 10.1. The number of aryl methyl sites for hydroxylation is 1. The zero-order valence-corrected chi connectivity index (χ0v) is 10.8. The van der Waals surface area contributed by atoms with Crippen LogP contribution in [0.4, 0.5) is 0 Å². The van der Waals surface area contributed by atoms with Crippen LogP contribution < -0.4 is 0 Å². The van der Waals surface area contributed by atoms with E-state index in [-0.39, 0.29) is 12.2 Å². The number of ether oxygens (including phenoxy) is 1. The van der Waals surface area contributed by atoms with Crippen LogP contribution in [0.5, 0.6) is 0 Å². The Balaban J connectivity index is 2.43. The minimum atomic E-state index is -0.539. The van der Waals surface area contributed by atoms with Crippen LogP contribution in [0, 0.1) is 0 Å². The number of hydrogen-bond acceptors (Lipinski definition) is 3. The summed E-state index contributed by atoms with van der Waals surface area (Å²) in [5.41, 5.74) is 1.33. The van der Waals surface area contributed by atoms with E-state index in [2.05, 4.69) is 4.74 Å². The van der Waals surface area contributed by atoms with E-state index >= 15 is 0 Å². The van der Waals surface area contributed by atoms with Gasteiger partial charge in [0.1, 0.15) is 6.42 Å².